The van der Waals surface area contributed by atoms with E-state index in [1.165, 1.54) is 12.1 Å². The summed E-state index contributed by atoms with van der Waals surface area (Å²) in [5.41, 5.74) is 1.23. The van der Waals surface area contributed by atoms with E-state index in [1.54, 1.807) is 27.2 Å². The Morgan fingerprint density at radius 1 is 1.26 bits per heavy atom. The van der Waals surface area contributed by atoms with Crippen LogP contribution in [-0.2, 0) is 16.6 Å². The molecule has 7 nitrogen and oxygen atoms in total. The van der Waals surface area contributed by atoms with Crippen LogP contribution < -0.4 is 5.32 Å². The van der Waals surface area contributed by atoms with Crippen molar-refractivity contribution in [3.05, 3.63) is 41.6 Å². The van der Waals surface area contributed by atoms with E-state index in [0.717, 1.165) is 25.0 Å². The third-order valence-corrected chi connectivity index (χ3v) is 6.94. The molecule has 1 aromatic heterocycles. The van der Waals surface area contributed by atoms with Gasteiger partial charge in [0, 0.05) is 30.8 Å². The first-order valence-corrected chi connectivity index (χ1v) is 10.7. The number of aromatic nitrogens is 2. The molecule has 1 atom stereocenters. The number of benzene rings is 1. The van der Waals surface area contributed by atoms with Crippen LogP contribution in [0.25, 0.3) is 0 Å². The molecule has 0 aliphatic carbocycles. The van der Waals surface area contributed by atoms with Crippen LogP contribution in [0.1, 0.15) is 49.2 Å². The molecule has 0 spiro atoms. The largest absolute Gasteiger partial charge is 0.307 e. The fraction of sp³-hybridized carbons (Fsp3) is 0.474. The highest BCUT2D eigenvalue weighted by Crippen LogP contribution is 2.25. The molecule has 0 saturated carbocycles. The first-order valence-electron chi connectivity index (χ1n) is 9.30. The maximum Gasteiger partial charge on any atom is 0.256 e. The van der Waals surface area contributed by atoms with Crippen molar-refractivity contribution in [2.45, 2.75) is 57.5 Å². The van der Waals surface area contributed by atoms with E-state index in [0.29, 0.717) is 24.5 Å². The first kappa shape index (κ1) is 19.6. The minimum absolute atomic E-state index is 0.00398. The molecule has 27 heavy (non-hydrogen) atoms. The Morgan fingerprint density at radius 3 is 2.59 bits per heavy atom. The molecule has 1 amide bonds. The average Bonchev–Trinajstić information content (AvgIpc) is 3.01. The molecule has 1 N–H and O–H groups in total. The third kappa shape index (κ3) is 4.06. The zero-order valence-corrected chi connectivity index (χ0v) is 16.8. The van der Waals surface area contributed by atoms with Gasteiger partial charge < -0.3 is 5.32 Å². The molecular weight excluding hydrogens is 364 g/mol. The lowest BCUT2D eigenvalue weighted by molar-refractivity contribution is 0.102. The Bertz CT molecular complexity index is 919. The molecule has 146 valence electrons. The van der Waals surface area contributed by atoms with Crippen LogP contribution in [-0.4, -0.2) is 41.0 Å². The highest BCUT2D eigenvalue weighted by molar-refractivity contribution is 7.89. The predicted molar refractivity (Wildman–Crippen MR) is 104 cm³/mol. The summed E-state index contributed by atoms with van der Waals surface area (Å²) in [6.07, 6.45) is 2.82. The topological polar surface area (TPSA) is 84.3 Å². The highest BCUT2D eigenvalue weighted by atomic mass is 32.2. The maximum atomic E-state index is 12.9. The number of sulfonamides is 1. The Kier molecular flexibility index (Phi) is 5.67. The van der Waals surface area contributed by atoms with Gasteiger partial charge in [-0.2, -0.15) is 9.40 Å². The van der Waals surface area contributed by atoms with Crippen molar-refractivity contribution < 1.29 is 13.2 Å². The van der Waals surface area contributed by atoms with Crippen LogP contribution in [0.2, 0.25) is 0 Å². The second kappa shape index (κ2) is 7.82. The summed E-state index contributed by atoms with van der Waals surface area (Å²) in [7, 11) is -3.53. The summed E-state index contributed by atoms with van der Waals surface area (Å²) in [5.74, 6) is 0.332. The van der Waals surface area contributed by atoms with Crippen LogP contribution in [0.5, 0.6) is 0 Å². The van der Waals surface area contributed by atoms with Crippen LogP contribution in [0.4, 0.5) is 5.82 Å². The van der Waals surface area contributed by atoms with E-state index in [1.807, 2.05) is 20.8 Å². The molecule has 1 fully saturated rings. The van der Waals surface area contributed by atoms with Crippen molar-refractivity contribution in [2.75, 3.05) is 11.9 Å². The maximum absolute atomic E-state index is 12.9. The van der Waals surface area contributed by atoms with Gasteiger partial charge in [0.2, 0.25) is 10.0 Å². The van der Waals surface area contributed by atoms with E-state index in [4.69, 9.17) is 0 Å². The molecule has 0 bridgehead atoms. The zero-order chi connectivity index (χ0) is 19.6. The summed E-state index contributed by atoms with van der Waals surface area (Å²) in [6.45, 7) is 6.95. The summed E-state index contributed by atoms with van der Waals surface area (Å²) in [6, 6.07) is 7.93. The Balaban J connectivity index is 1.77. The monoisotopic (exact) mass is 390 g/mol. The molecule has 2 heterocycles. The molecule has 1 aliphatic heterocycles. The van der Waals surface area contributed by atoms with E-state index >= 15 is 0 Å². The number of carbonyl (C=O) groups excluding carboxylic acids is 1. The molecule has 3 rings (SSSR count). The van der Waals surface area contributed by atoms with Gasteiger partial charge >= 0.3 is 0 Å². The van der Waals surface area contributed by atoms with Crippen LogP contribution >= 0.6 is 0 Å². The van der Waals surface area contributed by atoms with Gasteiger partial charge in [-0.05, 0) is 57.9 Å². The minimum atomic E-state index is -3.53. The number of hydrogen-bond acceptors (Lipinski definition) is 4. The standard InChI is InChI=1S/C19H26N4O3S/c1-4-22-18(13-14(2)21-22)20-19(24)16-8-10-17(11-9-16)27(25,26)23-12-6-5-7-15(23)3/h8-11,13,15H,4-7,12H2,1-3H3,(H,20,24). The molecule has 1 aromatic carbocycles. The lowest BCUT2D eigenvalue weighted by Gasteiger charge is -2.32. The van der Waals surface area contributed by atoms with Gasteiger partial charge in [-0.3, -0.25) is 4.79 Å². The lowest BCUT2D eigenvalue weighted by Crippen LogP contribution is -2.41. The molecule has 1 unspecified atom stereocenters. The molecule has 1 aliphatic rings. The fourth-order valence-corrected chi connectivity index (χ4v) is 5.12. The van der Waals surface area contributed by atoms with Crippen LogP contribution in [0, 0.1) is 6.92 Å². The van der Waals surface area contributed by atoms with Crippen molar-refractivity contribution in [3.8, 4) is 0 Å². The first-order chi connectivity index (χ1) is 12.8. The fourth-order valence-electron chi connectivity index (χ4n) is 3.42. The second-order valence-electron chi connectivity index (χ2n) is 6.93. The Morgan fingerprint density at radius 2 is 1.96 bits per heavy atom. The van der Waals surface area contributed by atoms with Crippen molar-refractivity contribution in [1.29, 1.82) is 0 Å². The van der Waals surface area contributed by atoms with Crippen LogP contribution in [0.15, 0.2) is 35.2 Å². The number of piperidine rings is 1. The predicted octanol–water partition coefficient (Wildman–Crippen LogP) is 3.03. The van der Waals surface area contributed by atoms with E-state index in [-0.39, 0.29) is 16.8 Å². The van der Waals surface area contributed by atoms with Gasteiger partial charge in [0.15, 0.2) is 0 Å². The minimum Gasteiger partial charge on any atom is -0.307 e. The second-order valence-corrected chi connectivity index (χ2v) is 8.82. The van der Waals surface area contributed by atoms with Gasteiger partial charge in [0.05, 0.1) is 10.6 Å². The average molecular weight is 391 g/mol. The summed E-state index contributed by atoms with van der Waals surface area (Å²) in [4.78, 5) is 12.7. The number of nitrogens with zero attached hydrogens (tertiary/aromatic N) is 3. The summed E-state index contributed by atoms with van der Waals surface area (Å²) in [5, 5.41) is 7.13. The number of anilines is 1. The van der Waals surface area contributed by atoms with Crippen LogP contribution in [0.3, 0.4) is 0 Å². The van der Waals surface area contributed by atoms with Crippen molar-refractivity contribution in [1.82, 2.24) is 14.1 Å². The number of nitrogens with one attached hydrogen (secondary N) is 1. The normalized spacial score (nSPS) is 18.4. The number of hydrogen-bond donors (Lipinski definition) is 1. The molecule has 2 aromatic rings. The van der Waals surface area contributed by atoms with E-state index < -0.39 is 10.0 Å². The van der Waals surface area contributed by atoms with Gasteiger partial charge in [-0.25, -0.2) is 13.1 Å². The van der Waals surface area contributed by atoms with Gasteiger partial charge in [-0.15, -0.1) is 0 Å². The van der Waals surface area contributed by atoms with E-state index in [2.05, 4.69) is 10.4 Å². The van der Waals surface area contributed by atoms with Crippen molar-refractivity contribution in [3.63, 3.8) is 0 Å². The number of amides is 1. The smallest absolute Gasteiger partial charge is 0.256 e. The number of carbonyl (C=O) groups is 1. The van der Waals surface area contributed by atoms with Gasteiger partial charge in [0.1, 0.15) is 5.82 Å². The quantitative estimate of drug-likeness (QED) is 0.850. The van der Waals surface area contributed by atoms with E-state index in [9.17, 15) is 13.2 Å². The Labute approximate surface area is 160 Å². The Hall–Kier alpha value is -2.19. The summed E-state index contributed by atoms with van der Waals surface area (Å²) >= 11 is 0. The third-order valence-electron chi connectivity index (χ3n) is 4.91. The highest BCUT2D eigenvalue weighted by Gasteiger charge is 2.30. The molecule has 0 radical (unpaired) electrons. The molecule has 1 saturated heterocycles. The zero-order valence-electron chi connectivity index (χ0n) is 16.0. The lowest BCUT2D eigenvalue weighted by atomic mass is 10.1. The SMILES string of the molecule is CCn1nc(C)cc1NC(=O)c1ccc(S(=O)(=O)N2CCCCC2C)cc1. The van der Waals surface area contributed by atoms with Gasteiger partial charge in [-0.1, -0.05) is 6.42 Å². The molecule has 8 heteroatoms. The summed E-state index contributed by atoms with van der Waals surface area (Å²) < 4.78 is 29.0. The number of aryl methyl sites for hydroxylation is 2. The van der Waals surface area contributed by atoms with Crippen molar-refractivity contribution >= 4 is 21.7 Å². The van der Waals surface area contributed by atoms with Crippen molar-refractivity contribution in [2.24, 2.45) is 0 Å². The van der Waals surface area contributed by atoms with Gasteiger partial charge in [0.25, 0.3) is 5.91 Å². The molecular formula is C19H26N4O3S. The number of rotatable bonds is 5.